The van der Waals surface area contributed by atoms with Crippen molar-refractivity contribution >= 4 is 22.4 Å². The number of aromatic nitrogens is 2. The molecule has 2 heterocycles. The molecule has 122 valence electrons. The number of nitrogens with one attached hydrogen (secondary N) is 2. The SMILES string of the molecule is C[C@H]1C[C@@H](C(=O)Nc2nnc(Cc3ccccc3F)s2)CCN1. The normalized spacial score (nSPS) is 21.1. The maximum absolute atomic E-state index is 13.7. The highest BCUT2D eigenvalue weighted by Gasteiger charge is 2.25. The third-order valence-corrected chi connectivity index (χ3v) is 4.83. The number of anilines is 1. The van der Waals surface area contributed by atoms with Gasteiger partial charge in [-0.2, -0.15) is 0 Å². The van der Waals surface area contributed by atoms with E-state index in [0.717, 1.165) is 19.4 Å². The predicted molar refractivity (Wildman–Crippen MR) is 87.9 cm³/mol. The van der Waals surface area contributed by atoms with Gasteiger partial charge in [0.2, 0.25) is 11.0 Å². The fraction of sp³-hybridized carbons (Fsp3) is 0.438. The Kier molecular flexibility index (Phi) is 4.97. The zero-order valence-corrected chi connectivity index (χ0v) is 13.7. The smallest absolute Gasteiger partial charge is 0.229 e. The molecule has 2 atom stereocenters. The largest absolute Gasteiger partial charge is 0.314 e. The molecule has 1 fully saturated rings. The fourth-order valence-electron chi connectivity index (χ4n) is 2.76. The minimum Gasteiger partial charge on any atom is -0.314 e. The number of carbonyl (C=O) groups is 1. The first kappa shape index (κ1) is 16.0. The first-order chi connectivity index (χ1) is 11.1. The van der Waals surface area contributed by atoms with Gasteiger partial charge in [0.05, 0.1) is 0 Å². The zero-order valence-electron chi connectivity index (χ0n) is 12.9. The second-order valence-corrected chi connectivity index (χ2v) is 6.90. The molecule has 0 radical (unpaired) electrons. The van der Waals surface area contributed by atoms with Crippen LogP contribution in [-0.2, 0) is 11.2 Å². The number of rotatable bonds is 4. The second kappa shape index (κ2) is 7.14. The summed E-state index contributed by atoms with van der Waals surface area (Å²) in [6.45, 7) is 2.94. The summed E-state index contributed by atoms with van der Waals surface area (Å²) < 4.78 is 13.7. The summed E-state index contributed by atoms with van der Waals surface area (Å²) in [5.74, 6) is -0.255. The third-order valence-electron chi connectivity index (χ3n) is 3.99. The topological polar surface area (TPSA) is 66.9 Å². The highest BCUT2D eigenvalue weighted by atomic mass is 32.1. The van der Waals surface area contributed by atoms with Crippen LogP contribution >= 0.6 is 11.3 Å². The van der Waals surface area contributed by atoms with Crippen LogP contribution in [0.3, 0.4) is 0 Å². The molecular weight excluding hydrogens is 315 g/mol. The van der Waals surface area contributed by atoms with Crippen molar-refractivity contribution in [2.75, 3.05) is 11.9 Å². The van der Waals surface area contributed by atoms with Gasteiger partial charge in [-0.3, -0.25) is 4.79 Å². The second-order valence-electron chi connectivity index (χ2n) is 5.83. The highest BCUT2D eigenvalue weighted by Crippen LogP contribution is 2.22. The lowest BCUT2D eigenvalue weighted by Gasteiger charge is -2.26. The molecule has 1 aliphatic heterocycles. The van der Waals surface area contributed by atoms with E-state index in [0.29, 0.717) is 28.2 Å². The highest BCUT2D eigenvalue weighted by molar-refractivity contribution is 7.15. The van der Waals surface area contributed by atoms with E-state index >= 15 is 0 Å². The zero-order chi connectivity index (χ0) is 16.2. The summed E-state index contributed by atoms with van der Waals surface area (Å²) in [4.78, 5) is 12.3. The van der Waals surface area contributed by atoms with Gasteiger partial charge in [0.25, 0.3) is 0 Å². The molecule has 0 spiro atoms. The Morgan fingerprint density at radius 1 is 1.43 bits per heavy atom. The van der Waals surface area contributed by atoms with Crippen molar-refractivity contribution < 1.29 is 9.18 Å². The maximum atomic E-state index is 13.7. The van der Waals surface area contributed by atoms with Crippen molar-refractivity contribution in [2.45, 2.75) is 32.2 Å². The van der Waals surface area contributed by atoms with Gasteiger partial charge >= 0.3 is 0 Å². The Morgan fingerprint density at radius 3 is 3.04 bits per heavy atom. The van der Waals surface area contributed by atoms with E-state index in [4.69, 9.17) is 0 Å². The molecule has 2 aromatic rings. The quantitative estimate of drug-likeness (QED) is 0.902. The number of hydrogen-bond acceptors (Lipinski definition) is 5. The average molecular weight is 334 g/mol. The summed E-state index contributed by atoms with van der Waals surface area (Å²) in [7, 11) is 0. The standard InChI is InChI=1S/C16H19FN4OS/c1-10-8-12(6-7-18-10)15(22)19-16-21-20-14(23-16)9-11-4-2-3-5-13(11)17/h2-5,10,12,18H,6-9H2,1H3,(H,19,21,22)/t10-,12-/m0/s1. The molecule has 1 aromatic carbocycles. The van der Waals surface area contributed by atoms with E-state index in [2.05, 4.69) is 27.8 Å². The number of hydrogen-bond donors (Lipinski definition) is 2. The fourth-order valence-corrected chi connectivity index (χ4v) is 3.52. The van der Waals surface area contributed by atoms with Gasteiger partial charge in [0.15, 0.2) is 0 Å². The summed E-state index contributed by atoms with van der Waals surface area (Å²) >= 11 is 1.29. The van der Waals surface area contributed by atoms with E-state index in [1.54, 1.807) is 18.2 Å². The van der Waals surface area contributed by atoms with Crippen molar-refractivity contribution in [2.24, 2.45) is 5.92 Å². The number of nitrogens with zero attached hydrogens (tertiary/aromatic N) is 2. The van der Waals surface area contributed by atoms with Crippen molar-refractivity contribution in [1.82, 2.24) is 15.5 Å². The van der Waals surface area contributed by atoms with Crippen LogP contribution in [0.2, 0.25) is 0 Å². The Morgan fingerprint density at radius 2 is 2.26 bits per heavy atom. The molecule has 1 saturated heterocycles. The van der Waals surface area contributed by atoms with E-state index in [1.165, 1.54) is 17.4 Å². The van der Waals surface area contributed by atoms with Crippen molar-refractivity contribution in [3.8, 4) is 0 Å². The predicted octanol–water partition coefficient (Wildman–Crippen LogP) is 2.59. The van der Waals surface area contributed by atoms with Crippen molar-refractivity contribution in [1.29, 1.82) is 0 Å². The Bertz CT molecular complexity index is 690. The molecule has 0 aliphatic carbocycles. The Balaban J connectivity index is 1.61. The van der Waals surface area contributed by atoms with Crippen LogP contribution in [0.5, 0.6) is 0 Å². The first-order valence-electron chi connectivity index (χ1n) is 7.72. The summed E-state index contributed by atoms with van der Waals surface area (Å²) in [5, 5.41) is 15.4. The number of benzene rings is 1. The van der Waals surface area contributed by atoms with Gasteiger partial charge in [-0.25, -0.2) is 4.39 Å². The molecule has 1 amide bonds. The van der Waals surface area contributed by atoms with Gasteiger partial charge in [0, 0.05) is 18.4 Å². The van der Waals surface area contributed by atoms with Gasteiger partial charge in [0.1, 0.15) is 10.8 Å². The molecule has 7 heteroatoms. The monoisotopic (exact) mass is 334 g/mol. The Hall–Kier alpha value is -1.86. The van der Waals surface area contributed by atoms with Gasteiger partial charge in [-0.05, 0) is 37.9 Å². The molecule has 1 aromatic heterocycles. The number of amides is 1. The van der Waals surface area contributed by atoms with E-state index in [-0.39, 0.29) is 17.6 Å². The number of carbonyl (C=O) groups excluding carboxylic acids is 1. The number of halogens is 1. The van der Waals surface area contributed by atoms with Crippen LogP contribution in [0.4, 0.5) is 9.52 Å². The van der Waals surface area contributed by atoms with Crippen LogP contribution in [0.15, 0.2) is 24.3 Å². The minimum atomic E-state index is -0.253. The molecule has 5 nitrogen and oxygen atoms in total. The third kappa shape index (κ3) is 4.11. The lowest BCUT2D eigenvalue weighted by atomic mass is 9.93. The summed E-state index contributed by atoms with van der Waals surface area (Å²) in [6.07, 6.45) is 2.04. The van der Waals surface area contributed by atoms with Crippen LogP contribution in [-0.4, -0.2) is 28.7 Å². The first-order valence-corrected chi connectivity index (χ1v) is 8.53. The molecule has 3 rings (SSSR count). The molecule has 0 bridgehead atoms. The van der Waals surface area contributed by atoms with Gasteiger partial charge in [-0.1, -0.05) is 29.5 Å². The average Bonchev–Trinajstić information content (AvgIpc) is 2.97. The van der Waals surface area contributed by atoms with Crippen molar-refractivity contribution in [3.63, 3.8) is 0 Å². The number of piperidine rings is 1. The molecule has 2 N–H and O–H groups in total. The lowest BCUT2D eigenvalue weighted by Crippen LogP contribution is -2.40. The van der Waals surface area contributed by atoms with Gasteiger partial charge in [-0.15, -0.1) is 10.2 Å². The Labute approximate surface area is 138 Å². The molecular formula is C16H19FN4OS. The molecule has 0 saturated carbocycles. The van der Waals surface area contributed by atoms with Crippen LogP contribution in [0.1, 0.15) is 30.3 Å². The van der Waals surface area contributed by atoms with Gasteiger partial charge < -0.3 is 10.6 Å². The minimum absolute atomic E-state index is 0.00478. The van der Waals surface area contributed by atoms with E-state index < -0.39 is 0 Å². The molecule has 23 heavy (non-hydrogen) atoms. The lowest BCUT2D eigenvalue weighted by molar-refractivity contribution is -0.120. The summed E-state index contributed by atoms with van der Waals surface area (Å²) in [5.41, 5.74) is 0.578. The van der Waals surface area contributed by atoms with Crippen LogP contribution in [0.25, 0.3) is 0 Å². The van der Waals surface area contributed by atoms with E-state index in [9.17, 15) is 9.18 Å². The molecule has 1 aliphatic rings. The van der Waals surface area contributed by atoms with E-state index in [1.807, 2.05) is 0 Å². The maximum Gasteiger partial charge on any atom is 0.229 e. The van der Waals surface area contributed by atoms with Crippen LogP contribution in [0, 0.1) is 11.7 Å². The summed E-state index contributed by atoms with van der Waals surface area (Å²) in [6, 6.07) is 6.96. The van der Waals surface area contributed by atoms with Crippen LogP contribution < -0.4 is 10.6 Å². The molecule has 0 unspecified atom stereocenters. The van der Waals surface area contributed by atoms with Crippen molar-refractivity contribution in [3.05, 3.63) is 40.7 Å².